The lowest BCUT2D eigenvalue weighted by molar-refractivity contribution is 0.160. The van der Waals surface area contributed by atoms with E-state index in [-0.39, 0.29) is 22.9 Å². The molecule has 0 saturated heterocycles. The van der Waals surface area contributed by atoms with E-state index in [1.54, 1.807) is 0 Å². The van der Waals surface area contributed by atoms with E-state index in [0.717, 1.165) is 6.42 Å². The topological polar surface area (TPSA) is 50.7 Å². The molecule has 1 aromatic rings. The first-order valence-corrected chi connectivity index (χ1v) is 5.25. The molecule has 0 spiro atoms. The number of hydroxylamine groups is 1. The van der Waals surface area contributed by atoms with Crippen LogP contribution in [0.1, 0.15) is 12.0 Å². The van der Waals surface area contributed by atoms with E-state index in [1.165, 1.54) is 6.07 Å². The van der Waals surface area contributed by atoms with Gasteiger partial charge in [0.15, 0.2) is 11.5 Å². The molecule has 2 N–H and O–H groups in total. The van der Waals surface area contributed by atoms with E-state index in [4.69, 9.17) is 26.3 Å². The fraction of sp³-hybridized carbons (Fsp3) is 0.400. The Morgan fingerprint density at radius 2 is 2.19 bits per heavy atom. The quantitative estimate of drug-likeness (QED) is 0.786. The normalized spacial score (nSPS) is 14.7. The van der Waals surface area contributed by atoms with Crippen LogP contribution in [0.5, 0.6) is 11.5 Å². The summed E-state index contributed by atoms with van der Waals surface area (Å²) >= 11 is 5.84. The van der Waals surface area contributed by atoms with Crippen molar-refractivity contribution in [2.45, 2.75) is 13.0 Å². The monoisotopic (exact) mass is 247 g/mol. The zero-order chi connectivity index (χ0) is 11.5. The van der Waals surface area contributed by atoms with Crippen molar-refractivity contribution in [2.75, 3.05) is 13.2 Å². The van der Waals surface area contributed by atoms with Crippen molar-refractivity contribution >= 4 is 11.6 Å². The van der Waals surface area contributed by atoms with Gasteiger partial charge >= 0.3 is 0 Å². The zero-order valence-electron chi connectivity index (χ0n) is 8.43. The third-order valence-corrected chi connectivity index (χ3v) is 2.60. The number of halogens is 2. The molecule has 0 aliphatic carbocycles. The first kappa shape index (κ1) is 11.4. The Labute approximate surface area is 96.9 Å². The van der Waals surface area contributed by atoms with Crippen LogP contribution in [0.2, 0.25) is 5.02 Å². The van der Waals surface area contributed by atoms with Crippen LogP contribution in [-0.2, 0) is 6.54 Å². The molecule has 0 atom stereocenters. The van der Waals surface area contributed by atoms with Crippen molar-refractivity contribution < 1.29 is 19.1 Å². The minimum atomic E-state index is -0.604. The van der Waals surface area contributed by atoms with Crippen LogP contribution in [0.4, 0.5) is 4.39 Å². The number of hydrogen-bond donors (Lipinski definition) is 2. The molecule has 4 nitrogen and oxygen atoms in total. The molecule has 0 aromatic heterocycles. The fourth-order valence-electron chi connectivity index (χ4n) is 1.51. The number of fused-ring (bicyclic) bond motifs is 1. The summed E-state index contributed by atoms with van der Waals surface area (Å²) in [5.74, 6) is 0.0416. The summed E-state index contributed by atoms with van der Waals surface area (Å²) in [5, 5.41) is 8.46. The molecule has 0 bridgehead atoms. The molecule has 88 valence electrons. The molecule has 0 saturated carbocycles. The first-order valence-electron chi connectivity index (χ1n) is 4.87. The van der Waals surface area contributed by atoms with Crippen molar-refractivity contribution in [3.05, 3.63) is 22.5 Å². The molecular formula is C10H11ClFNO3. The molecule has 0 amide bonds. The van der Waals surface area contributed by atoms with Gasteiger partial charge in [0.2, 0.25) is 0 Å². The summed E-state index contributed by atoms with van der Waals surface area (Å²) in [6, 6.07) is 1.48. The van der Waals surface area contributed by atoms with Gasteiger partial charge in [-0.15, -0.1) is 0 Å². The fourth-order valence-corrected chi connectivity index (χ4v) is 1.78. The van der Waals surface area contributed by atoms with Crippen LogP contribution in [0, 0.1) is 5.82 Å². The maximum Gasteiger partial charge on any atom is 0.182 e. The third kappa shape index (κ3) is 2.07. The van der Waals surface area contributed by atoms with Gasteiger partial charge in [0.05, 0.1) is 13.2 Å². The molecule has 0 fully saturated rings. The van der Waals surface area contributed by atoms with Crippen molar-refractivity contribution in [2.24, 2.45) is 0 Å². The van der Waals surface area contributed by atoms with Crippen molar-refractivity contribution in [3.63, 3.8) is 0 Å². The minimum Gasteiger partial charge on any atom is -0.489 e. The highest BCUT2D eigenvalue weighted by Crippen LogP contribution is 2.40. The van der Waals surface area contributed by atoms with Crippen LogP contribution < -0.4 is 15.0 Å². The van der Waals surface area contributed by atoms with Gasteiger partial charge in [0, 0.05) is 18.5 Å². The molecule has 1 aliphatic heterocycles. The maximum absolute atomic E-state index is 13.7. The second-order valence-electron chi connectivity index (χ2n) is 3.38. The van der Waals surface area contributed by atoms with Gasteiger partial charge in [-0.1, -0.05) is 11.6 Å². The Balaban J connectivity index is 2.46. The van der Waals surface area contributed by atoms with E-state index < -0.39 is 5.82 Å². The molecule has 0 radical (unpaired) electrons. The molecule has 16 heavy (non-hydrogen) atoms. The molecule has 2 rings (SSSR count). The van der Waals surface area contributed by atoms with E-state index in [0.29, 0.717) is 19.0 Å². The van der Waals surface area contributed by atoms with Gasteiger partial charge in [-0.2, -0.15) is 0 Å². The lowest BCUT2D eigenvalue weighted by Crippen LogP contribution is -2.09. The second-order valence-corrected chi connectivity index (χ2v) is 3.75. The Kier molecular flexibility index (Phi) is 3.48. The van der Waals surface area contributed by atoms with Crippen LogP contribution in [0.15, 0.2) is 6.07 Å². The smallest absolute Gasteiger partial charge is 0.182 e. The van der Waals surface area contributed by atoms with Gasteiger partial charge in [0.1, 0.15) is 10.8 Å². The SMILES string of the molecule is ONCc1cc2c(c(Cl)c1F)OCCCO2. The standard InChI is InChI=1S/C10H11ClFNO3/c11-8-9(12)6(5-13-14)4-7-10(8)16-3-1-2-15-7/h4,13-14H,1-3,5H2. The molecule has 0 unspecified atom stereocenters. The summed E-state index contributed by atoms with van der Waals surface area (Å²) in [4.78, 5) is 0. The molecule has 1 aromatic carbocycles. The Morgan fingerprint density at radius 3 is 2.94 bits per heavy atom. The van der Waals surface area contributed by atoms with E-state index in [2.05, 4.69) is 0 Å². The summed E-state index contributed by atoms with van der Waals surface area (Å²) in [5.41, 5.74) is 2.11. The predicted molar refractivity (Wildman–Crippen MR) is 55.6 cm³/mol. The lowest BCUT2D eigenvalue weighted by Gasteiger charge is -2.12. The average Bonchev–Trinajstić information content (AvgIpc) is 2.51. The largest absolute Gasteiger partial charge is 0.489 e. The van der Waals surface area contributed by atoms with Crippen molar-refractivity contribution in [3.8, 4) is 11.5 Å². The highest BCUT2D eigenvalue weighted by atomic mass is 35.5. The van der Waals surface area contributed by atoms with Gasteiger partial charge in [-0.25, -0.2) is 9.87 Å². The number of benzene rings is 1. The average molecular weight is 248 g/mol. The Bertz CT molecular complexity index is 400. The van der Waals surface area contributed by atoms with Crippen LogP contribution in [0.25, 0.3) is 0 Å². The highest BCUT2D eigenvalue weighted by Gasteiger charge is 2.20. The molecule has 1 aliphatic rings. The van der Waals surface area contributed by atoms with Gasteiger partial charge < -0.3 is 14.7 Å². The molecular weight excluding hydrogens is 237 g/mol. The van der Waals surface area contributed by atoms with Crippen molar-refractivity contribution in [1.82, 2.24) is 5.48 Å². The minimum absolute atomic E-state index is 0.0395. The number of rotatable bonds is 2. The second kappa shape index (κ2) is 4.86. The van der Waals surface area contributed by atoms with Gasteiger partial charge in [-0.05, 0) is 6.07 Å². The summed E-state index contributed by atoms with van der Waals surface area (Å²) in [6.45, 7) is 0.910. The van der Waals surface area contributed by atoms with E-state index >= 15 is 0 Å². The lowest BCUT2D eigenvalue weighted by atomic mass is 10.2. The molecule has 6 heteroatoms. The first-order chi connectivity index (χ1) is 7.74. The number of hydrogen-bond acceptors (Lipinski definition) is 4. The number of nitrogens with one attached hydrogen (secondary N) is 1. The van der Waals surface area contributed by atoms with E-state index in [1.807, 2.05) is 5.48 Å². The van der Waals surface area contributed by atoms with Crippen LogP contribution in [-0.4, -0.2) is 18.4 Å². The number of ether oxygens (including phenoxy) is 2. The summed E-state index contributed by atoms with van der Waals surface area (Å²) in [7, 11) is 0. The summed E-state index contributed by atoms with van der Waals surface area (Å²) < 4.78 is 24.4. The summed E-state index contributed by atoms with van der Waals surface area (Å²) in [6.07, 6.45) is 0.722. The van der Waals surface area contributed by atoms with Gasteiger partial charge in [-0.3, -0.25) is 0 Å². The van der Waals surface area contributed by atoms with Crippen molar-refractivity contribution in [1.29, 1.82) is 0 Å². The van der Waals surface area contributed by atoms with E-state index in [9.17, 15) is 4.39 Å². The zero-order valence-corrected chi connectivity index (χ0v) is 9.18. The highest BCUT2D eigenvalue weighted by molar-refractivity contribution is 6.32. The maximum atomic E-state index is 13.7. The van der Waals surface area contributed by atoms with Crippen LogP contribution >= 0.6 is 11.6 Å². The third-order valence-electron chi connectivity index (χ3n) is 2.27. The Hall–Kier alpha value is -1.04. The Morgan fingerprint density at radius 1 is 1.44 bits per heavy atom. The predicted octanol–water partition coefficient (Wildman–Crippen LogP) is 2.12. The molecule has 1 heterocycles. The van der Waals surface area contributed by atoms with Gasteiger partial charge in [0.25, 0.3) is 0 Å². The van der Waals surface area contributed by atoms with Crippen LogP contribution in [0.3, 0.4) is 0 Å².